The van der Waals surface area contributed by atoms with Crippen molar-refractivity contribution in [1.29, 1.82) is 0 Å². The van der Waals surface area contributed by atoms with Gasteiger partial charge < -0.3 is 19.5 Å². The number of fused-ring (bicyclic) bond motifs is 1. The van der Waals surface area contributed by atoms with E-state index in [2.05, 4.69) is 5.32 Å². The molecule has 158 valence electrons. The molecule has 1 saturated heterocycles. The number of hydrogen-bond donors (Lipinski definition) is 1. The lowest BCUT2D eigenvalue weighted by Crippen LogP contribution is -2.48. The number of amides is 3. The van der Waals surface area contributed by atoms with E-state index in [1.54, 1.807) is 34.7 Å². The summed E-state index contributed by atoms with van der Waals surface area (Å²) in [6.45, 7) is 7.20. The maximum Gasteiger partial charge on any atom is 0.420 e. The quantitative estimate of drug-likeness (QED) is 0.830. The molecule has 0 unspecified atom stereocenters. The highest BCUT2D eigenvalue weighted by Crippen LogP contribution is 2.22. The number of likely N-dealkylation sites (tertiary alicyclic amines) is 1. The molecule has 0 spiro atoms. The molecule has 1 fully saturated rings. The summed E-state index contributed by atoms with van der Waals surface area (Å²) in [7, 11) is 1.78. The number of carbonyl (C=O) groups excluding carboxylic acids is 2. The van der Waals surface area contributed by atoms with Crippen molar-refractivity contribution < 1.29 is 14.0 Å². The normalized spacial score (nSPS) is 15.1. The topological polar surface area (TPSA) is 87.8 Å². The summed E-state index contributed by atoms with van der Waals surface area (Å²) in [6.07, 6.45) is 2.97. The van der Waals surface area contributed by atoms with Crippen molar-refractivity contribution in [2.45, 2.75) is 58.5 Å². The van der Waals surface area contributed by atoms with Crippen LogP contribution in [0.2, 0.25) is 0 Å². The predicted molar refractivity (Wildman–Crippen MR) is 112 cm³/mol. The number of benzene rings is 1. The van der Waals surface area contributed by atoms with Gasteiger partial charge in [-0.05, 0) is 45.2 Å². The summed E-state index contributed by atoms with van der Waals surface area (Å²) in [5.74, 6) is -0.207. The van der Waals surface area contributed by atoms with Gasteiger partial charge in [0.25, 0.3) is 0 Å². The fraction of sp³-hybridized carbons (Fsp3) is 0.571. The summed E-state index contributed by atoms with van der Waals surface area (Å²) in [5.41, 5.74) is 1.74. The zero-order valence-electron chi connectivity index (χ0n) is 17.6. The Kier molecular flexibility index (Phi) is 6.30. The van der Waals surface area contributed by atoms with Crippen LogP contribution < -0.4 is 11.1 Å². The van der Waals surface area contributed by atoms with Crippen LogP contribution in [-0.4, -0.2) is 52.5 Å². The number of anilines is 1. The summed E-state index contributed by atoms with van der Waals surface area (Å²) in [5, 5.41) is 2.88. The van der Waals surface area contributed by atoms with Crippen LogP contribution in [-0.2, 0) is 4.79 Å². The van der Waals surface area contributed by atoms with E-state index < -0.39 is 5.76 Å². The summed E-state index contributed by atoms with van der Waals surface area (Å²) < 4.78 is 6.90. The van der Waals surface area contributed by atoms with Gasteiger partial charge in [0, 0.05) is 50.4 Å². The molecule has 3 amide bonds. The monoisotopic (exact) mass is 402 g/mol. The Bertz CT molecular complexity index is 938. The highest BCUT2D eigenvalue weighted by atomic mass is 16.4. The first kappa shape index (κ1) is 21.0. The molecule has 1 aliphatic heterocycles. The minimum Gasteiger partial charge on any atom is -0.408 e. The second kappa shape index (κ2) is 8.71. The van der Waals surface area contributed by atoms with Gasteiger partial charge >= 0.3 is 11.8 Å². The Morgan fingerprint density at radius 2 is 1.97 bits per heavy atom. The van der Waals surface area contributed by atoms with Crippen molar-refractivity contribution in [2.75, 3.05) is 25.5 Å². The number of urea groups is 1. The predicted octanol–water partition coefficient (Wildman–Crippen LogP) is 3.43. The lowest BCUT2D eigenvalue weighted by Gasteiger charge is -2.36. The van der Waals surface area contributed by atoms with Crippen molar-refractivity contribution in [1.82, 2.24) is 14.4 Å². The van der Waals surface area contributed by atoms with Crippen LogP contribution in [0.1, 0.15) is 52.5 Å². The lowest BCUT2D eigenvalue weighted by molar-refractivity contribution is -0.132. The van der Waals surface area contributed by atoms with E-state index in [-0.39, 0.29) is 24.0 Å². The van der Waals surface area contributed by atoms with Crippen LogP contribution in [0.25, 0.3) is 11.1 Å². The molecule has 0 radical (unpaired) electrons. The lowest BCUT2D eigenvalue weighted by atomic mass is 10.0. The first-order valence-electron chi connectivity index (χ1n) is 10.3. The zero-order valence-corrected chi connectivity index (χ0v) is 17.6. The van der Waals surface area contributed by atoms with Crippen molar-refractivity contribution in [2.24, 2.45) is 0 Å². The Balaban J connectivity index is 1.63. The van der Waals surface area contributed by atoms with Crippen molar-refractivity contribution in [3.05, 3.63) is 28.7 Å². The number of oxazole rings is 1. The first-order chi connectivity index (χ1) is 13.8. The fourth-order valence-electron chi connectivity index (χ4n) is 3.86. The number of hydrogen-bond acceptors (Lipinski definition) is 4. The largest absolute Gasteiger partial charge is 0.420 e. The first-order valence-corrected chi connectivity index (χ1v) is 10.3. The summed E-state index contributed by atoms with van der Waals surface area (Å²) in [4.78, 5) is 40.3. The van der Waals surface area contributed by atoms with Crippen LogP contribution in [0.15, 0.2) is 27.4 Å². The van der Waals surface area contributed by atoms with E-state index in [9.17, 15) is 14.4 Å². The van der Waals surface area contributed by atoms with E-state index in [4.69, 9.17) is 4.42 Å². The Hall–Kier alpha value is -2.77. The van der Waals surface area contributed by atoms with E-state index in [1.165, 1.54) is 0 Å². The van der Waals surface area contributed by atoms with Crippen molar-refractivity contribution in [3.8, 4) is 0 Å². The number of rotatable bonds is 5. The van der Waals surface area contributed by atoms with Gasteiger partial charge in [-0.1, -0.05) is 6.92 Å². The molecule has 1 N–H and O–H groups in total. The Labute approximate surface area is 170 Å². The molecule has 0 bridgehead atoms. The second-order valence-electron chi connectivity index (χ2n) is 7.92. The SMILES string of the molecule is CCCC(=O)N1CCC(N(C)C(=O)Nc2ccc3c(c2)oc(=O)n3C(C)C)CC1. The Morgan fingerprint density at radius 3 is 2.59 bits per heavy atom. The van der Waals surface area contributed by atoms with Gasteiger partial charge in [0.15, 0.2) is 5.58 Å². The van der Waals surface area contributed by atoms with Gasteiger partial charge in [-0.2, -0.15) is 0 Å². The average molecular weight is 402 g/mol. The van der Waals surface area contributed by atoms with E-state index in [0.717, 1.165) is 19.3 Å². The number of aromatic nitrogens is 1. The minimum atomic E-state index is -0.403. The molecule has 0 atom stereocenters. The van der Waals surface area contributed by atoms with Gasteiger partial charge in [-0.25, -0.2) is 9.59 Å². The third-order valence-electron chi connectivity index (χ3n) is 5.53. The molecule has 1 aromatic heterocycles. The molecule has 8 nitrogen and oxygen atoms in total. The van der Waals surface area contributed by atoms with Crippen LogP contribution in [0.3, 0.4) is 0 Å². The molecule has 3 rings (SSSR count). The maximum absolute atomic E-state index is 12.7. The highest BCUT2D eigenvalue weighted by Gasteiger charge is 2.27. The molecule has 8 heteroatoms. The zero-order chi connectivity index (χ0) is 21.1. The summed E-state index contributed by atoms with van der Waals surface area (Å²) >= 11 is 0. The third kappa shape index (κ3) is 4.46. The molecule has 1 aromatic carbocycles. The van der Waals surface area contributed by atoms with E-state index in [1.807, 2.05) is 25.7 Å². The molecular formula is C21H30N4O4. The molecule has 2 heterocycles. The standard InChI is InChI=1S/C21H30N4O4/c1-5-6-19(26)24-11-9-16(10-12-24)23(4)20(27)22-15-7-8-17-18(13-15)29-21(28)25(17)14(2)3/h7-8,13-14,16H,5-6,9-12H2,1-4H3,(H,22,27). The maximum atomic E-state index is 12.7. The van der Waals surface area contributed by atoms with Gasteiger partial charge in [0.1, 0.15) is 0 Å². The molecule has 0 aliphatic carbocycles. The highest BCUT2D eigenvalue weighted by molar-refractivity contribution is 5.91. The van der Waals surface area contributed by atoms with Crippen LogP contribution in [0, 0.1) is 0 Å². The molecule has 29 heavy (non-hydrogen) atoms. The van der Waals surface area contributed by atoms with Crippen LogP contribution >= 0.6 is 0 Å². The molecule has 0 saturated carbocycles. The smallest absolute Gasteiger partial charge is 0.408 e. The number of nitrogens with one attached hydrogen (secondary N) is 1. The number of nitrogens with zero attached hydrogens (tertiary/aromatic N) is 3. The van der Waals surface area contributed by atoms with Crippen molar-refractivity contribution in [3.63, 3.8) is 0 Å². The fourth-order valence-corrected chi connectivity index (χ4v) is 3.86. The van der Waals surface area contributed by atoms with E-state index in [0.29, 0.717) is 36.3 Å². The third-order valence-corrected chi connectivity index (χ3v) is 5.53. The van der Waals surface area contributed by atoms with Crippen LogP contribution in [0.4, 0.5) is 10.5 Å². The number of carbonyl (C=O) groups is 2. The van der Waals surface area contributed by atoms with Gasteiger partial charge in [0.05, 0.1) is 5.52 Å². The second-order valence-corrected chi connectivity index (χ2v) is 7.92. The summed E-state index contributed by atoms with van der Waals surface area (Å²) in [6, 6.07) is 5.10. The Morgan fingerprint density at radius 1 is 1.28 bits per heavy atom. The van der Waals surface area contributed by atoms with Crippen molar-refractivity contribution >= 4 is 28.7 Å². The average Bonchev–Trinajstić information content (AvgIpc) is 3.02. The van der Waals surface area contributed by atoms with Gasteiger partial charge in [-0.15, -0.1) is 0 Å². The van der Waals surface area contributed by atoms with E-state index >= 15 is 0 Å². The molecular weight excluding hydrogens is 372 g/mol. The van der Waals surface area contributed by atoms with Crippen LogP contribution in [0.5, 0.6) is 0 Å². The minimum absolute atomic E-state index is 0.00889. The van der Waals surface area contributed by atoms with Gasteiger partial charge in [-0.3, -0.25) is 9.36 Å². The number of piperidine rings is 1. The molecule has 1 aliphatic rings. The molecule has 2 aromatic rings. The van der Waals surface area contributed by atoms with Gasteiger partial charge in [0.2, 0.25) is 5.91 Å².